The molecule has 1 fully saturated rings. The first-order valence-corrected chi connectivity index (χ1v) is 9.39. The number of piperidine rings is 1. The highest BCUT2D eigenvalue weighted by Crippen LogP contribution is 2.25. The van der Waals surface area contributed by atoms with Crippen molar-refractivity contribution in [3.05, 3.63) is 28.7 Å². The second-order valence-corrected chi connectivity index (χ2v) is 7.01. The number of hydrogen-bond acceptors (Lipinski definition) is 5. The van der Waals surface area contributed by atoms with Crippen LogP contribution in [0, 0.1) is 0 Å². The predicted molar refractivity (Wildman–Crippen MR) is 103 cm³/mol. The summed E-state index contributed by atoms with van der Waals surface area (Å²) in [4.78, 5) is 46.8. The number of carboxylic acid groups (broad SMARTS) is 1. The van der Waals surface area contributed by atoms with E-state index < -0.39 is 17.9 Å². The van der Waals surface area contributed by atoms with Crippen LogP contribution in [0.4, 0.5) is 5.69 Å². The largest absolute Gasteiger partial charge is 0.481 e. The van der Waals surface area contributed by atoms with Crippen LogP contribution < -0.4 is 16.3 Å². The first kappa shape index (κ1) is 19.7. The number of imidazole rings is 1. The number of nitrogens with zero attached hydrogens (tertiary/aromatic N) is 2. The van der Waals surface area contributed by atoms with Crippen LogP contribution in [0.25, 0.3) is 11.0 Å². The summed E-state index contributed by atoms with van der Waals surface area (Å²) in [5.41, 5.74) is 1.90. The number of carbonyl (C=O) groups is 3. The fraction of sp³-hybridized carbons (Fsp3) is 0.474. The van der Waals surface area contributed by atoms with Gasteiger partial charge in [-0.05, 0) is 37.5 Å². The van der Waals surface area contributed by atoms with Crippen LogP contribution in [0.15, 0.2) is 23.0 Å². The van der Waals surface area contributed by atoms with Gasteiger partial charge in [-0.3, -0.25) is 28.8 Å². The maximum atomic E-state index is 12.7. The van der Waals surface area contributed by atoms with Crippen molar-refractivity contribution in [1.82, 2.24) is 14.5 Å². The minimum absolute atomic E-state index is 0.182. The number of carbonyl (C=O) groups excluding carboxylic acids is 2. The van der Waals surface area contributed by atoms with E-state index in [9.17, 15) is 19.2 Å². The molecule has 0 saturated carbocycles. The highest BCUT2D eigenvalue weighted by molar-refractivity contribution is 6.00. The minimum atomic E-state index is -0.778. The predicted octanol–water partition coefficient (Wildman–Crippen LogP) is 1.37. The van der Waals surface area contributed by atoms with Gasteiger partial charge in [-0.25, -0.2) is 4.79 Å². The lowest BCUT2D eigenvalue weighted by atomic mass is 10.1. The molecule has 0 radical (unpaired) electrons. The number of imide groups is 1. The summed E-state index contributed by atoms with van der Waals surface area (Å²) in [5, 5.41) is 14.2. The van der Waals surface area contributed by atoms with E-state index in [0.29, 0.717) is 30.4 Å². The average Bonchev–Trinajstić information content (AvgIpc) is 2.89. The van der Waals surface area contributed by atoms with E-state index in [2.05, 4.69) is 10.6 Å². The Labute approximate surface area is 161 Å². The standard InChI is InChI=1S/C19H24N4O5/c1-22-15-11-12(20-10-4-2-3-5-17(25)26)6-7-13(15)23(19(22)28)14-8-9-16(24)21-18(14)27/h6-7,11,14,20H,2-5,8-10H2,1H3,(H,25,26)(H,21,24,27). The maximum absolute atomic E-state index is 12.7. The molecule has 2 heterocycles. The lowest BCUT2D eigenvalue weighted by molar-refractivity contribution is -0.137. The maximum Gasteiger partial charge on any atom is 0.329 e. The number of anilines is 1. The summed E-state index contributed by atoms with van der Waals surface area (Å²) in [7, 11) is 1.66. The fourth-order valence-electron chi connectivity index (χ4n) is 3.51. The quantitative estimate of drug-likeness (QED) is 0.464. The Balaban J connectivity index is 1.74. The number of aliphatic carboxylic acids is 1. The molecule has 9 nitrogen and oxygen atoms in total. The number of hydrogen-bond donors (Lipinski definition) is 3. The molecule has 150 valence electrons. The fourth-order valence-corrected chi connectivity index (χ4v) is 3.51. The highest BCUT2D eigenvalue weighted by Gasteiger charge is 2.31. The number of aromatic nitrogens is 2. The van der Waals surface area contributed by atoms with Crippen molar-refractivity contribution < 1.29 is 19.5 Å². The molecule has 28 heavy (non-hydrogen) atoms. The molecule has 9 heteroatoms. The molecule has 1 aliphatic heterocycles. The van der Waals surface area contributed by atoms with Gasteiger partial charge < -0.3 is 10.4 Å². The SMILES string of the molecule is Cn1c(=O)n(C2CCC(=O)NC2=O)c2ccc(NCCCCCC(=O)O)cc21. The van der Waals surface area contributed by atoms with Crippen molar-refractivity contribution in [2.75, 3.05) is 11.9 Å². The van der Waals surface area contributed by atoms with Gasteiger partial charge in [0.05, 0.1) is 11.0 Å². The molecule has 3 N–H and O–H groups in total. The summed E-state index contributed by atoms with van der Waals surface area (Å²) in [5.74, 6) is -1.54. The van der Waals surface area contributed by atoms with E-state index in [-0.39, 0.29) is 24.4 Å². The van der Waals surface area contributed by atoms with Crippen LogP contribution in [0.5, 0.6) is 0 Å². The molecule has 1 aliphatic rings. The van der Waals surface area contributed by atoms with E-state index in [0.717, 1.165) is 18.5 Å². The number of fused-ring (bicyclic) bond motifs is 1. The van der Waals surface area contributed by atoms with Gasteiger partial charge in [-0.15, -0.1) is 0 Å². The van der Waals surface area contributed by atoms with Gasteiger partial charge in [-0.1, -0.05) is 6.42 Å². The second-order valence-electron chi connectivity index (χ2n) is 7.01. The molecular weight excluding hydrogens is 364 g/mol. The summed E-state index contributed by atoms with van der Waals surface area (Å²) in [6.45, 7) is 0.701. The summed E-state index contributed by atoms with van der Waals surface area (Å²) >= 11 is 0. The van der Waals surface area contributed by atoms with Crippen LogP contribution >= 0.6 is 0 Å². The van der Waals surface area contributed by atoms with Gasteiger partial charge in [0, 0.05) is 32.1 Å². The molecule has 1 unspecified atom stereocenters. The van der Waals surface area contributed by atoms with Crippen LogP contribution in [-0.2, 0) is 21.4 Å². The van der Waals surface area contributed by atoms with Crippen LogP contribution in [0.1, 0.15) is 44.6 Å². The first-order chi connectivity index (χ1) is 13.4. The van der Waals surface area contributed by atoms with Crippen molar-refractivity contribution in [2.24, 2.45) is 7.05 Å². The van der Waals surface area contributed by atoms with Crippen LogP contribution in [0.3, 0.4) is 0 Å². The Bertz CT molecular complexity index is 975. The van der Waals surface area contributed by atoms with E-state index in [4.69, 9.17) is 5.11 Å². The normalized spacial score (nSPS) is 17.0. The molecule has 0 spiro atoms. The second kappa shape index (κ2) is 8.28. The first-order valence-electron chi connectivity index (χ1n) is 9.39. The van der Waals surface area contributed by atoms with Gasteiger partial charge in [0.25, 0.3) is 0 Å². The summed E-state index contributed by atoms with van der Waals surface area (Å²) < 4.78 is 2.95. The third kappa shape index (κ3) is 4.08. The molecule has 2 amide bonds. The Kier molecular flexibility index (Phi) is 5.81. The van der Waals surface area contributed by atoms with Crippen molar-refractivity contribution in [3.63, 3.8) is 0 Å². The third-order valence-electron chi connectivity index (χ3n) is 5.01. The van der Waals surface area contributed by atoms with Crippen molar-refractivity contribution in [2.45, 2.75) is 44.6 Å². The van der Waals surface area contributed by atoms with Crippen molar-refractivity contribution >= 4 is 34.5 Å². The number of aryl methyl sites for hydroxylation is 1. The summed E-state index contributed by atoms with van der Waals surface area (Å²) in [6.07, 6.45) is 3.02. The molecule has 1 aromatic carbocycles. The monoisotopic (exact) mass is 388 g/mol. The number of nitrogens with one attached hydrogen (secondary N) is 2. The number of amides is 2. The highest BCUT2D eigenvalue weighted by atomic mass is 16.4. The van der Waals surface area contributed by atoms with E-state index in [1.807, 2.05) is 12.1 Å². The number of carboxylic acids is 1. The molecule has 1 saturated heterocycles. The van der Waals surface area contributed by atoms with Gasteiger partial charge >= 0.3 is 11.7 Å². The number of unbranched alkanes of at least 4 members (excludes halogenated alkanes) is 2. The third-order valence-corrected chi connectivity index (χ3v) is 5.01. The molecule has 0 bridgehead atoms. The number of benzene rings is 1. The van der Waals surface area contributed by atoms with Crippen molar-refractivity contribution in [1.29, 1.82) is 0 Å². The van der Waals surface area contributed by atoms with Gasteiger partial charge in [-0.2, -0.15) is 0 Å². The van der Waals surface area contributed by atoms with Crippen LogP contribution in [-0.4, -0.2) is 38.6 Å². The Morgan fingerprint density at radius 1 is 1.21 bits per heavy atom. The van der Waals surface area contributed by atoms with Crippen molar-refractivity contribution in [3.8, 4) is 0 Å². The van der Waals surface area contributed by atoms with Gasteiger partial charge in [0.15, 0.2) is 0 Å². The zero-order chi connectivity index (χ0) is 20.3. The zero-order valence-corrected chi connectivity index (χ0v) is 15.7. The molecule has 1 aromatic heterocycles. The topological polar surface area (TPSA) is 122 Å². The lowest BCUT2D eigenvalue weighted by Gasteiger charge is -2.21. The van der Waals surface area contributed by atoms with E-state index in [1.54, 1.807) is 13.1 Å². The zero-order valence-electron chi connectivity index (χ0n) is 15.7. The average molecular weight is 388 g/mol. The Hall–Kier alpha value is -3.10. The Morgan fingerprint density at radius 3 is 2.71 bits per heavy atom. The molecule has 0 aliphatic carbocycles. The van der Waals surface area contributed by atoms with Gasteiger partial charge in [0.1, 0.15) is 6.04 Å². The molecular formula is C19H24N4O5. The molecule has 1 atom stereocenters. The molecule has 2 aromatic rings. The Morgan fingerprint density at radius 2 is 2.00 bits per heavy atom. The van der Waals surface area contributed by atoms with Gasteiger partial charge in [0.2, 0.25) is 11.8 Å². The van der Waals surface area contributed by atoms with Crippen LogP contribution in [0.2, 0.25) is 0 Å². The van der Waals surface area contributed by atoms with E-state index in [1.165, 1.54) is 9.13 Å². The summed E-state index contributed by atoms with van der Waals surface area (Å²) in [6, 6.07) is 4.81. The number of rotatable bonds is 8. The minimum Gasteiger partial charge on any atom is -0.481 e. The van der Waals surface area contributed by atoms with E-state index >= 15 is 0 Å². The molecule has 3 rings (SSSR count). The lowest BCUT2D eigenvalue weighted by Crippen LogP contribution is -2.44. The smallest absolute Gasteiger partial charge is 0.329 e.